The average Bonchev–Trinajstić information content (AvgIpc) is 3.11. The zero-order valence-electron chi connectivity index (χ0n) is 21.2. The molecule has 0 aliphatic carbocycles. The summed E-state index contributed by atoms with van der Waals surface area (Å²) < 4.78 is 5.16. The zero-order valence-corrected chi connectivity index (χ0v) is 22.7. The Balaban J connectivity index is 1.32. The molecule has 4 rings (SSSR count). The molecule has 3 amide bonds. The maximum Gasteiger partial charge on any atom is 0.338 e. The van der Waals surface area contributed by atoms with Gasteiger partial charge in [-0.1, -0.05) is 47.5 Å². The standard InChI is InChI=1S/C29H25Cl2N3O5/c1-17(2)39-29(38)21-9-13-23(14-10-21)33-26(35)20-7-3-18(4-8-20)15-32-25-24(31)27(36)34(28(25)37)16-19-5-11-22(30)12-6-19/h3-14,17,32H,15-16H2,1-2H3,(H,33,35). The van der Waals surface area contributed by atoms with Gasteiger partial charge in [0.25, 0.3) is 17.7 Å². The molecule has 0 radical (unpaired) electrons. The fourth-order valence-corrected chi connectivity index (χ4v) is 4.13. The van der Waals surface area contributed by atoms with Crippen molar-refractivity contribution in [2.45, 2.75) is 33.0 Å². The number of anilines is 1. The van der Waals surface area contributed by atoms with Gasteiger partial charge in [0.2, 0.25) is 0 Å². The third-order valence-corrected chi connectivity index (χ3v) is 6.37. The number of nitrogens with zero attached hydrogens (tertiary/aromatic N) is 1. The molecular formula is C29H25Cl2N3O5. The van der Waals surface area contributed by atoms with E-state index < -0.39 is 17.8 Å². The highest BCUT2D eigenvalue weighted by atomic mass is 35.5. The van der Waals surface area contributed by atoms with Gasteiger partial charge in [0.05, 0.1) is 18.2 Å². The van der Waals surface area contributed by atoms with E-state index in [2.05, 4.69) is 10.6 Å². The minimum atomic E-state index is -0.573. The molecule has 3 aromatic rings. The first-order chi connectivity index (χ1) is 18.6. The Morgan fingerprint density at radius 1 is 0.821 bits per heavy atom. The number of halogens is 2. The normalized spacial score (nSPS) is 13.2. The van der Waals surface area contributed by atoms with Crippen LogP contribution < -0.4 is 10.6 Å². The van der Waals surface area contributed by atoms with E-state index in [9.17, 15) is 19.2 Å². The largest absolute Gasteiger partial charge is 0.459 e. The summed E-state index contributed by atoms with van der Waals surface area (Å²) in [6.07, 6.45) is -0.222. The smallest absolute Gasteiger partial charge is 0.338 e. The second-order valence-corrected chi connectivity index (χ2v) is 9.86. The highest BCUT2D eigenvalue weighted by Gasteiger charge is 2.37. The number of esters is 1. The van der Waals surface area contributed by atoms with Crippen molar-refractivity contribution in [2.75, 3.05) is 5.32 Å². The van der Waals surface area contributed by atoms with Crippen molar-refractivity contribution in [1.82, 2.24) is 10.2 Å². The SMILES string of the molecule is CC(C)OC(=O)c1ccc(NC(=O)c2ccc(CNC3=C(Cl)C(=O)N(Cc4ccc(Cl)cc4)C3=O)cc2)cc1. The molecule has 3 aromatic carbocycles. The molecule has 1 aliphatic heterocycles. The molecule has 2 N–H and O–H groups in total. The van der Waals surface area contributed by atoms with E-state index in [0.717, 1.165) is 16.0 Å². The van der Waals surface area contributed by atoms with Crippen LogP contribution in [0.3, 0.4) is 0 Å². The summed E-state index contributed by atoms with van der Waals surface area (Å²) in [5.41, 5.74) is 2.88. The molecule has 1 aliphatic rings. The van der Waals surface area contributed by atoms with Crippen LogP contribution in [0.15, 0.2) is 83.5 Å². The molecule has 1 heterocycles. The lowest BCUT2D eigenvalue weighted by Gasteiger charge is -2.15. The molecule has 0 aromatic heterocycles. The maximum absolute atomic E-state index is 12.8. The van der Waals surface area contributed by atoms with E-state index in [-0.39, 0.29) is 35.8 Å². The molecule has 8 nitrogen and oxygen atoms in total. The molecule has 10 heteroatoms. The second kappa shape index (κ2) is 12.1. The van der Waals surface area contributed by atoms with Crippen LogP contribution in [-0.4, -0.2) is 34.7 Å². The van der Waals surface area contributed by atoms with Crippen LogP contribution in [0.25, 0.3) is 0 Å². The predicted octanol–water partition coefficient (Wildman–Crippen LogP) is 5.27. The predicted molar refractivity (Wildman–Crippen MR) is 148 cm³/mol. The Kier molecular flexibility index (Phi) is 8.69. The van der Waals surface area contributed by atoms with Gasteiger partial charge in [-0.2, -0.15) is 0 Å². The number of imide groups is 1. The minimum Gasteiger partial charge on any atom is -0.459 e. The number of carbonyl (C=O) groups is 4. The fourth-order valence-electron chi connectivity index (χ4n) is 3.76. The lowest BCUT2D eigenvalue weighted by Crippen LogP contribution is -2.33. The van der Waals surface area contributed by atoms with Crippen molar-refractivity contribution in [3.63, 3.8) is 0 Å². The van der Waals surface area contributed by atoms with Crippen molar-refractivity contribution in [2.24, 2.45) is 0 Å². The Labute approximate surface area is 235 Å². The monoisotopic (exact) mass is 565 g/mol. The van der Waals surface area contributed by atoms with Gasteiger partial charge < -0.3 is 15.4 Å². The van der Waals surface area contributed by atoms with Gasteiger partial charge in [0.1, 0.15) is 10.7 Å². The quantitative estimate of drug-likeness (QED) is 0.270. The van der Waals surface area contributed by atoms with Crippen LogP contribution >= 0.6 is 23.2 Å². The number of carbonyl (C=O) groups excluding carboxylic acids is 4. The molecule has 0 saturated heterocycles. The number of amides is 3. The lowest BCUT2D eigenvalue weighted by molar-refractivity contribution is -0.138. The van der Waals surface area contributed by atoms with E-state index in [1.807, 2.05) is 0 Å². The van der Waals surface area contributed by atoms with Crippen molar-refractivity contribution >= 4 is 52.6 Å². The van der Waals surface area contributed by atoms with Gasteiger partial charge in [0.15, 0.2) is 0 Å². The Hall–Kier alpha value is -4.14. The van der Waals surface area contributed by atoms with Crippen molar-refractivity contribution in [1.29, 1.82) is 0 Å². The van der Waals surface area contributed by atoms with Gasteiger partial charge in [-0.15, -0.1) is 0 Å². The average molecular weight is 566 g/mol. The highest BCUT2D eigenvalue weighted by Crippen LogP contribution is 2.25. The zero-order chi connectivity index (χ0) is 28.1. The summed E-state index contributed by atoms with van der Waals surface area (Å²) in [5, 5.41) is 6.10. The molecular weight excluding hydrogens is 541 g/mol. The maximum atomic E-state index is 12.8. The number of rotatable bonds is 9. The third-order valence-electron chi connectivity index (χ3n) is 5.77. The molecule has 200 valence electrons. The molecule has 0 atom stereocenters. The first-order valence-electron chi connectivity index (χ1n) is 12.1. The van der Waals surface area contributed by atoms with Crippen LogP contribution in [0.5, 0.6) is 0 Å². The van der Waals surface area contributed by atoms with Gasteiger partial charge in [0, 0.05) is 22.8 Å². The Morgan fingerprint density at radius 3 is 2.03 bits per heavy atom. The fraction of sp³-hybridized carbons (Fsp3) is 0.172. The van der Waals surface area contributed by atoms with Gasteiger partial charge >= 0.3 is 5.97 Å². The molecule has 0 saturated carbocycles. The molecule has 0 spiro atoms. The summed E-state index contributed by atoms with van der Waals surface area (Å²) in [4.78, 5) is 51.1. The summed E-state index contributed by atoms with van der Waals surface area (Å²) in [6, 6.07) is 20.0. The first kappa shape index (κ1) is 27.9. The van der Waals surface area contributed by atoms with Crippen LogP contribution in [0.1, 0.15) is 45.7 Å². The van der Waals surface area contributed by atoms with Gasteiger partial charge in [-0.25, -0.2) is 4.79 Å². The van der Waals surface area contributed by atoms with Crippen molar-refractivity contribution in [3.05, 3.63) is 111 Å². The van der Waals surface area contributed by atoms with Gasteiger partial charge in [-0.05, 0) is 73.5 Å². The molecule has 0 unspecified atom stereocenters. The summed E-state index contributed by atoms with van der Waals surface area (Å²) in [7, 11) is 0. The molecule has 0 fully saturated rings. The van der Waals surface area contributed by atoms with E-state index >= 15 is 0 Å². The Bertz CT molecular complexity index is 1430. The topological polar surface area (TPSA) is 105 Å². The number of hydrogen-bond donors (Lipinski definition) is 2. The number of nitrogens with one attached hydrogen (secondary N) is 2. The summed E-state index contributed by atoms with van der Waals surface area (Å²) >= 11 is 12.1. The van der Waals surface area contributed by atoms with Crippen LogP contribution in [-0.2, 0) is 27.4 Å². The number of benzene rings is 3. The summed E-state index contributed by atoms with van der Waals surface area (Å²) in [5.74, 6) is -1.84. The number of ether oxygens (including phenoxy) is 1. The van der Waals surface area contributed by atoms with Crippen LogP contribution in [0.2, 0.25) is 5.02 Å². The Morgan fingerprint density at radius 2 is 1.41 bits per heavy atom. The van der Waals surface area contributed by atoms with Crippen molar-refractivity contribution < 1.29 is 23.9 Å². The number of hydrogen-bond acceptors (Lipinski definition) is 6. The van der Waals surface area contributed by atoms with Crippen LogP contribution in [0.4, 0.5) is 5.69 Å². The second-order valence-electron chi connectivity index (χ2n) is 9.05. The first-order valence-corrected chi connectivity index (χ1v) is 12.8. The van der Waals surface area contributed by atoms with E-state index in [1.165, 1.54) is 0 Å². The lowest BCUT2D eigenvalue weighted by atomic mass is 10.1. The van der Waals surface area contributed by atoms with Gasteiger partial charge in [-0.3, -0.25) is 19.3 Å². The molecule has 39 heavy (non-hydrogen) atoms. The van der Waals surface area contributed by atoms with E-state index in [1.54, 1.807) is 86.6 Å². The highest BCUT2D eigenvalue weighted by molar-refractivity contribution is 6.47. The summed E-state index contributed by atoms with van der Waals surface area (Å²) in [6.45, 7) is 3.83. The van der Waals surface area contributed by atoms with Crippen molar-refractivity contribution in [3.8, 4) is 0 Å². The minimum absolute atomic E-state index is 0.0261. The third kappa shape index (κ3) is 6.85. The van der Waals surface area contributed by atoms with E-state index in [0.29, 0.717) is 21.8 Å². The van der Waals surface area contributed by atoms with Crippen LogP contribution in [0, 0.1) is 0 Å². The molecule has 0 bridgehead atoms. The van der Waals surface area contributed by atoms with E-state index in [4.69, 9.17) is 27.9 Å².